The van der Waals surface area contributed by atoms with E-state index in [2.05, 4.69) is 36.2 Å². The van der Waals surface area contributed by atoms with Gasteiger partial charge in [-0.2, -0.15) is 0 Å². The van der Waals surface area contributed by atoms with Crippen LogP contribution in [0.4, 0.5) is 5.69 Å². The fourth-order valence-corrected chi connectivity index (χ4v) is 3.29. The molecule has 21 heavy (non-hydrogen) atoms. The predicted octanol–water partition coefficient (Wildman–Crippen LogP) is 5.40. The molecular formula is C18H16N2S. The van der Waals surface area contributed by atoms with Crippen LogP contribution in [-0.4, -0.2) is 12.4 Å². The average Bonchev–Trinajstić information content (AvgIpc) is 2.91. The van der Waals surface area contributed by atoms with E-state index >= 15 is 0 Å². The lowest BCUT2D eigenvalue weighted by Crippen LogP contribution is -1.93. The van der Waals surface area contributed by atoms with Crippen molar-refractivity contribution in [2.75, 3.05) is 0 Å². The van der Waals surface area contributed by atoms with Gasteiger partial charge in [0, 0.05) is 28.4 Å². The summed E-state index contributed by atoms with van der Waals surface area (Å²) in [5.74, 6) is 0.253. The zero-order chi connectivity index (χ0) is 14.7. The number of hydrogen-bond acceptors (Lipinski definition) is 3. The molecule has 0 aliphatic carbocycles. The number of benzene rings is 2. The topological polar surface area (TPSA) is 36.2 Å². The Morgan fingerprint density at radius 2 is 1.76 bits per heavy atom. The van der Waals surface area contributed by atoms with Gasteiger partial charge in [-0.25, -0.2) is 0 Å². The van der Waals surface area contributed by atoms with Gasteiger partial charge in [0.05, 0.1) is 10.6 Å². The maximum Gasteiger partial charge on any atom is 0.0900 e. The summed E-state index contributed by atoms with van der Waals surface area (Å²) in [5.41, 5.74) is 2.16. The first-order chi connectivity index (χ1) is 10.3. The Morgan fingerprint density at radius 3 is 2.52 bits per heavy atom. The van der Waals surface area contributed by atoms with Gasteiger partial charge in [-0.05, 0) is 11.6 Å². The molecule has 0 saturated heterocycles. The average molecular weight is 292 g/mol. The van der Waals surface area contributed by atoms with Crippen LogP contribution in [0.3, 0.4) is 0 Å². The van der Waals surface area contributed by atoms with Crippen LogP contribution in [0.1, 0.15) is 23.3 Å². The molecule has 3 rings (SSSR count). The minimum atomic E-state index is 0.253. The quantitative estimate of drug-likeness (QED) is 0.625. The highest BCUT2D eigenvalue weighted by atomic mass is 32.1. The van der Waals surface area contributed by atoms with Crippen LogP contribution < -0.4 is 0 Å². The highest BCUT2D eigenvalue weighted by Gasteiger charge is 2.09. The molecule has 1 N–H and O–H groups in total. The molecule has 1 atom stereocenters. The van der Waals surface area contributed by atoms with Crippen molar-refractivity contribution in [3.05, 3.63) is 65.0 Å². The van der Waals surface area contributed by atoms with Crippen molar-refractivity contribution in [2.24, 2.45) is 4.99 Å². The van der Waals surface area contributed by atoms with Crippen LogP contribution in [0, 0.1) is 5.41 Å². The number of fused-ring (bicyclic) bond motifs is 1. The lowest BCUT2D eigenvalue weighted by Gasteiger charge is -2.05. The minimum Gasteiger partial charge on any atom is -0.307 e. The molecule has 0 radical (unpaired) electrons. The molecule has 0 spiro atoms. The maximum absolute atomic E-state index is 7.58. The molecule has 0 amide bonds. The van der Waals surface area contributed by atoms with E-state index in [-0.39, 0.29) is 5.92 Å². The third-order valence-electron chi connectivity index (χ3n) is 3.48. The SMILES string of the molecule is CC(C=Nc1c(C=N)sc2ccccc12)c1ccccc1. The summed E-state index contributed by atoms with van der Waals surface area (Å²) in [7, 11) is 0. The highest BCUT2D eigenvalue weighted by Crippen LogP contribution is 2.36. The third kappa shape index (κ3) is 2.78. The van der Waals surface area contributed by atoms with Gasteiger partial charge in [0.1, 0.15) is 0 Å². The van der Waals surface area contributed by atoms with E-state index in [0.29, 0.717) is 0 Å². The van der Waals surface area contributed by atoms with Gasteiger partial charge >= 0.3 is 0 Å². The van der Waals surface area contributed by atoms with E-state index in [1.165, 1.54) is 16.5 Å². The molecule has 0 aliphatic rings. The Balaban J connectivity index is 1.97. The van der Waals surface area contributed by atoms with Gasteiger partial charge in [-0.15, -0.1) is 11.3 Å². The number of hydrogen-bond donors (Lipinski definition) is 1. The van der Waals surface area contributed by atoms with Gasteiger partial charge in [0.2, 0.25) is 0 Å². The molecule has 2 nitrogen and oxygen atoms in total. The van der Waals surface area contributed by atoms with Crippen molar-refractivity contribution >= 4 is 39.5 Å². The largest absolute Gasteiger partial charge is 0.307 e. The molecular weight excluding hydrogens is 276 g/mol. The van der Waals surface area contributed by atoms with Gasteiger partial charge in [-0.3, -0.25) is 4.99 Å². The van der Waals surface area contributed by atoms with Crippen molar-refractivity contribution in [3.8, 4) is 0 Å². The van der Waals surface area contributed by atoms with Crippen molar-refractivity contribution < 1.29 is 0 Å². The first-order valence-corrected chi connectivity index (χ1v) is 7.72. The Morgan fingerprint density at radius 1 is 1.05 bits per heavy atom. The molecule has 1 unspecified atom stereocenters. The van der Waals surface area contributed by atoms with Crippen LogP contribution in [-0.2, 0) is 0 Å². The number of rotatable bonds is 4. The van der Waals surface area contributed by atoms with Crippen LogP contribution in [0.25, 0.3) is 10.1 Å². The Bertz CT molecular complexity index is 787. The molecule has 1 heterocycles. The normalized spacial score (nSPS) is 12.8. The van der Waals surface area contributed by atoms with Gasteiger partial charge < -0.3 is 5.41 Å². The Kier molecular flexibility index (Phi) is 3.93. The first-order valence-electron chi connectivity index (χ1n) is 6.90. The van der Waals surface area contributed by atoms with Gasteiger partial charge in [0.15, 0.2) is 0 Å². The van der Waals surface area contributed by atoms with Crippen LogP contribution >= 0.6 is 11.3 Å². The Hall–Kier alpha value is -2.26. The van der Waals surface area contributed by atoms with Gasteiger partial charge in [-0.1, -0.05) is 55.5 Å². The summed E-state index contributed by atoms with van der Waals surface area (Å²) in [5, 5.41) is 8.70. The standard InChI is InChI=1S/C18H16N2S/c1-13(14-7-3-2-4-8-14)12-20-18-15-9-5-6-10-16(15)21-17(18)11-19/h2-13,19H,1H3. The monoisotopic (exact) mass is 292 g/mol. The molecule has 3 aromatic rings. The van der Waals surface area contributed by atoms with Crippen LogP contribution in [0.2, 0.25) is 0 Å². The molecule has 0 fully saturated rings. The second-order valence-electron chi connectivity index (χ2n) is 4.93. The number of aliphatic imine (C=N–C) groups is 1. The fourth-order valence-electron chi connectivity index (χ4n) is 2.31. The summed E-state index contributed by atoms with van der Waals surface area (Å²) in [4.78, 5) is 5.59. The van der Waals surface area contributed by atoms with Gasteiger partial charge in [0.25, 0.3) is 0 Å². The molecule has 3 heteroatoms. The molecule has 0 aliphatic heterocycles. The van der Waals surface area contributed by atoms with Crippen LogP contribution in [0.15, 0.2) is 59.6 Å². The van der Waals surface area contributed by atoms with Crippen molar-refractivity contribution in [3.63, 3.8) is 0 Å². The van der Waals surface area contributed by atoms with E-state index in [9.17, 15) is 0 Å². The summed E-state index contributed by atoms with van der Waals surface area (Å²) in [6, 6.07) is 18.5. The zero-order valence-corrected chi connectivity index (χ0v) is 12.6. The van der Waals surface area contributed by atoms with Crippen LogP contribution in [0.5, 0.6) is 0 Å². The van der Waals surface area contributed by atoms with E-state index in [4.69, 9.17) is 5.41 Å². The highest BCUT2D eigenvalue weighted by molar-refractivity contribution is 7.21. The Labute approximate surface area is 128 Å². The molecule has 2 aromatic carbocycles. The van der Waals surface area contributed by atoms with Crippen molar-refractivity contribution in [1.82, 2.24) is 0 Å². The molecule has 1 aromatic heterocycles. The smallest absolute Gasteiger partial charge is 0.0900 e. The summed E-state index contributed by atoms with van der Waals surface area (Å²) in [6.45, 7) is 2.14. The lowest BCUT2D eigenvalue weighted by atomic mass is 10.0. The zero-order valence-electron chi connectivity index (χ0n) is 11.8. The summed E-state index contributed by atoms with van der Waals surface area (Å²) >= 11 is 1.61. The third-order valence-corrected chi connectivity index (χ3v) is 4.59. The first kappa shape index (κ1) is 13.7. The van der Waals surface area contributed by atoms with Crippen molar-refractivity contribution in [2.45, 2.75) is 12.8 Å². The fraction of sp³-hybridized carbons (Fsp3) is 0.111. The maximum atomic E-state index is 7.58. The number of nitrogens with zero attached hydrogens (tertiary/aromatic N) is 1. The van der Waals surface area contributed by atoms with E-state index < -0.39 is 0 Å². The summed E-state index contributed by atoms with van der Waals surface area (Å²) < 4.78 is 1.18. The predicted molar refractivity (Wildman–Crippen MR) is 92.7 cm³/mol. The number of nitrogens with one attached hydrogen (secondary N) is 1. The van der Waals surface area contributed by atoms with E-state index in [1.54, 1.807) is 11.3 Å². The lowest BCUT2D eigenvalue weighted by molar-refractivity contribution is 1.04. The second kappa shape index (κ2) is 6.02. The van der Waals surface area contributed by atoms with E-state index in [0.717, 1.165) is 16.0 Å². The second-order valence-corrected chi connectivity index (χ2v) is 6.02. The molecule has 104 valence electrons. The minimum absolute atomic E-state index is 0.253. The summed E-state index contributed by atoms with van der Waals surface area (Å²) in [6.07, 6.45) is 3.36. The number of thiophene rings is 1. The van der Waals surface area contributed by atoms with Crippen molar-refractivity contribution in [1.29, 1.82) is 5.41 Å². The molecule has 0 saturated carbocycles. The molecule has 0 bridgehead atoms. The van der Waals surface area contributed by atoms with E-state index in [1.807, 2.05) is 36.5 Å².